The Hall–Kier alpha value is -2.30. The number of imidazole rings is 1. The predicted octanol–water partition coefficient (Wildman–Crippen LogP) is 0.103. The van der Waals surface area contributed by atoms with Crippen molar-refractivity contribution >= 4 is 45.6 Å². The Morgan fingerprint density at radius 2 is 1.75 bits per heavy atom. The monoisotopic (exact) mass is 623 g/mol. The zero-order chi connectivity index (χ0) is 29.3. The molecule has 220 valence electrons. The highest BCUT2D eigenvalue weighted by Crippen LogP contribution is 2.65. The number of anilines is 2. The molecule has 18 nitrogen and oxygen atoms in total. The van der Waals surface area contributed by atoms with Crippen LogP contribution in [-0.2, 0) is 33.7 Å². The Bertz CT molecular complexity index is 1490. The number of rotatable bonds is 12. The van der Waals surface area contributed by atoms with Crippen LogP contribution in [0.25, 0.3) is 11.2 Å². The number of aliphatic hydroxyl groups is 2. The smallest absolute Gasteiger partial charge is 0.387 e. The summed E-state index contributed by atoms with van der Waals surface area (Å²) >= 11 is 0. The number of fused-ring (bicyclic) bond motifs is 1. The molecule has 0 bridgehead atoms. The molecule has 21 heteroatoms. The van der Waals surface area contributed by atoms with Gasteiger partial charge in [0, 0.05) is 5.69 Å². The SMILES string of the molecule is NCCc1ccc(NP(=O)(O)CP(=O)(O)OP(=O)(O)OC[C@H]2O[C@@H](n3cnc4c(N)ncnc43)C(O)[C@H]2O)cc1. The number of aliphatic hydroxyl groups excluding tert-OH is 2. The predicted molar refractivity (Wildman–Crippen MR) is 140 cm³/mol. The number of nitrogens with zero attached hydrogens (tertiary/aromatic N) is 4. The lowest BCUT2D eigenvalue weighted by atomic mass is 10.1. The van der Waals surface area contributed by atoms with E-state index in [0.29, 0.717) is 13.0 Å². The van der Waals surface area contributed by atoms with Gasteiger partial charge >= 0.3 is 22.9 Å². The van der Waals surface area contributed by atoms with E-state index in [4.69, 9.17) is 20.7 Å². The lowest BCUT2D eigenvalue weighted by Gasteiger charge is -2.21. The molecule has 1 saturated heterocycles. The van der Waals surface area contributed by atoms with Crippen molar-refractivity contribution < 1.29 is 52.2 Å². The van der Waals surface area contributed by atoms with E-state index in [1.807, 2.05) is 0 Å². The fraction of sp³-hybridized carbons (Fsp3) is 0.421. The van der Waals surface area contributed by atoms with Gasteiger partial charge in [0.05, 0.1) is 12.9 Å². The van der Waals surface area contributed by atoms with Crippen molar-refractivity contribution in [2.24, 2.45) is 5.73 Å². The molecule has 1 aliphatic rings. The van der Waals surface area contributed by atoms with Gasteiger partial charge < -0.3 is 46.2 Å². The molecule has 1 aromatic carbocycles. The molecule has 4 unspecified atom stereocenters. The molecule has 0 aliphatic carbocycles. The molecule has 0 spiro atoms. The summed E-state index contributed by atoms with van der Waals surface area (Å²) in [6.07, 6.45) is -2.91. The number of benzene rings is 1. The van der Waals surface area contributed by atoms with Crippen LogP contribution < -0.4 is 16.6 Å². The highest BCUT2D eigenvalue weighted by molar-refractivity contribution is 7.76. The molecular weight excluding hydrogens is 595 g/mol. The van der Waals surface area contributed by atoms with Gasteiger partial charge in [-0.15, -0.1) is 0 Å². The summed E-state index contributed by atoms with van der Waals surface area (Å²) in [4.78, 5) is 42.0. The summed E-state index contributed by atoms with van der Waals surface area (Å²) in [5.74, 6) is -1.37. The summed E-state index contributed by atoms with van der Waals surface area (Å²) in [6.45, 7) is -0.476. The number of nitrogens with one attached hydrogen (secondary N) is 1. The summed E-state index contributed by atoms with van der Waals surface area (Å²) in [5, 5.41) is 23.0. The number of aromatic nitrogens is 4. The number of nitrogens with two attached hydrogens (primary N) is 2. The van der Waals surface area contributed by atoms with E-state index in [1.54, 1.807) is 12.1 Å². The molecule has 10 N–H and O–H groups in total. The van der Waals surface area contributed by atoms with Gasteiger partial charge in [0.25, 0.3) is 0 Å². The average Bonchev–Trinajstić information content (AvgIpc) is 3.39. The molecule has 1 fully saturated rings. The number of hydrogen-bond acceptors (Lipinski definition) is 13. The van der Waals surface area contributed by atoms with Crippen molar-refractivity contribution in [3.05, 3.63) is 42.5 Å². The normalized spacial score (nSPS) is 25.8. The fourth-order valence-electron chi connectivity index (χ4n) is 3.92. The second-order valence-corrected chi connectivity index (χ2v) is 14.7. The quantitative estimate of drug-likeness (QED) is 0.124. The maximum Gasteiger partial charge on any atom is 0.479 e. The van der Waals surface area contributed by atoms with Crippen LogP contribution in [0, 0.1) is 0 Å². The van der Waals surface area contributed by atoms with Gasteiger partial charge in [0.1, 0.15) is 36.1 Å². The minimum Gasteiger partial charge on any atom is -0.387 e. The Balaban J connectivity index is 1.35. The number of nitrogen functional groups attached to an aromatic ring is 1. The van der Waals surface area contributed by atoms with Crippen LogP contribution in [-0.4, -0.2) is 81.8 Å². The van der Waals surface area contributed by atoms with E-state index in [1.165, 1.54) is 23.0 Å². The van der Waals surface area contributed by atoms with Crippen LogP contribution >= 0.6 is 22.9 Å². The molecule has 0 radical (unpaired) electrons. The number of ether oxygens (including phenoxy) is 1. The molecule has 3 aromatic rings. The molecule has 1 aliphatic heterocycles. The second kappa shape index (κ2) is 11.9. The van der Waals surface area contributed by atoms with Gasteiger partial charge in [-0.05, 0) is 30.7 Å². The van der Waals surface area contributed by atoms with E-state index in [0.717, 1.165) is 11.9 Å². The standard InChI is InChI=1S/C19H28N7O11P3/c20-6-5-11-1-3-12(4-2-11)25-38(29,30)10-39(31,32)37-40(33,34)35-7-13-15(27)16(28)19(36-13)26-9-24-14-17(21)22-8-23-18(14)26/h1-4,8-9,13,15-16,19,27-28H,5-7,10,20H2,(H,31,32)(H,33,34)(H2,21,22,23)(H2,25,29,30)/t13-,15+,16?,19-/m1/s1. The highest BCUT2D eigenvalue weighted by Gasteiger charge is 2.46. The highest BCUT2D eigenvalue weighted by atomic mass is 31.3. The summed E-state index contributed by atoms with van der Waals surface area (Å²) in [5.41, 5.74) is 12.6. The number of phosphoric acid groups is 1. The summed E-state index contributed by atoms with van der Waals surface area (Å²) in [6, 6.07) is 6.19. The van der Waals surface area contributed by atoms with Crippen LogP contribution in [0.4, 0.5) is 11.5 Å². The fourth-order valence-corrected chi connectivity index (χ4v) is 9.18. The summed E-state index contributed by atoms with van der Waals surface area (Å²) < 4.78 is 53.1. The van der Waals surface area contributed by atoms with Crippen molar-refractivity contribution in [1.29, 1.82) is 0 Å². The van der Waals surface area contributed by atoms with Crippen LogP contribution in [0.15, 0.2) is 36.9 Å². The lowest BCUT2D eigenvalue weighted by Crippen LogP contribution is -2.33. The first-order chi connectivity index (χ1) is 18.7. The third-order valence-electron chi connectivity index (χ3n) is 5.69. The first-order valence-corrected chi connectivity index (χ1v) is 16.6. The van der Waals surface area contributed by atoms with E-state index in [9.17, 15) is 38.6 Å². The maximum absolute atomic E-state index is 12.5. The topological polar surface area (TPSA) is 288 Å². The van der Waals surface area contributed by atoms with Gasteiger partial charge in [-0.25, -0.2) is 23.8 Å². The van der Waals surface area contributed by atoms with Gasteiger partial charge in [-0.2, -0.15) is 0 Å². The Morgan fingerprint density at radius 3 is 2.42 bits per heavy atom. The molecule has 3 heterocycles. The molecule has 2 aromatic heterocycles. The minimum absolute atomic E-state index is 0.0616. The second-order valence-electron chi connectivity index (χ2n) is 8.80. The van der Waals surface area contributed by atoms with Gasteiger partial charge in [0.2, 0.25) is 0 Å². The molecule has 0 saturated carbocycles. The average molecular weight is 623 g/mol. The van der Waals surface area contributed by atoms with Crippen molar-refractivity contribution in [2.45, 2.75) is 31.0 Å². The Morgan fingerprint density at radius 1 is 1.05 bits per heavy atom. The Labute approximate surface area is 226 Å². The van der Waals surface area contributed by atoms with Crippen LogP contribution in [0.2, 0.25) is 0 Å². The van der Waals surface area contributed by atoms with Crippen molar-refractivity contribution in [3.8, 4) is 0 Å². The van der Waals surface area contributed by atoms with E-state index in [-0.39, 0.29) is 22.7 Å². The van der Waals surface area contributed by atoms with Crippen molar-refractivity contribution in [3.63, 3.8) is 0 Å². The molecule has 40 heavy (non-hydrogen) atoms. The third-order valence-corrected chi connectivity index (χ3v) is 11.6. The van der Waals surface area contributed by atoms with Crippen molar-refractivity contribution in [2.75, 3.05) is 29.9 Å². The van der Waals surface area contributed by atoms with E-state index < -0.39 is 60.0 Å². The molecule has 0 amide bonds. The van der Waals surface area contributed by atoms with Gasteiger partial charge in [0.15, 0.2) is 17.7 Å². The van der Waals surface area contributed by atoms with Crippen LogP contribution in [0.3, 0.4) is 0 Å². The molecule has 7 atom stereocenters. The summed E-state index contributed by atoms with van der Waals surface area (Å²) in [7, 11) is -15.1. The first-order valence-electron chi connectivity index (χ1n) is 11.5. The maximum atomic E-state index is 12.5. The minimum atomic E-state index is -5.34. The van der Waals surface area contributed by atoms with E-state index in [2.05, 4.69) is 24.3 Å². The zero-order valence-corrected chi connectivity index (χ0v) is 23.3. The van der Waals surface area contributed by atoms with Crippen LogP contribution in [0.1, 0.15) is 11.8 Å². The number of hydrogen-bond donors (Lipinski definition) is 8. The first kappa shape index (κ1) is 30.7. The lowest BCUT2D eigenvalue weighted by molar-refractivity contribution is -0.0501. The van der Waals surface area contributed by atoms with Gasteiger partial charge in [-0.1, -0.05) is 12.1 Å². The largest absolute Gasteiger partial charge is 0.479 e. The van der Waals surface area contributed by atoms with E-state index >= 15 is 0 Å². The number of phosphoric ester groups is 1. The Kier molecular flexibility index (Phi) is 9.12. The van der Waals surface area contributed by atoms with Gasteiger partial charge in [-0.3, -0.25) is 18.2 Å². The van der Waals surface area contributed by atoms with Crippen LogP contribution in [0.5, 0.6) is 0 Å². The third kappa shape index (κ3) is 7.31. The molecule has 4 rings (SSSR count). The van der Waals surface area contributed by atoms with Crippen molar-refractivity contribution in [1.82, 2.24) is 19.5 Å². The zero-order valence-electron chi connectivity index (χ0n) is 20.6. The molecular formula is C19H28N7O11P3.